The Morgan fingerprint density at radius 2 is 2.00 bits per heavy atom. The summed E-state index contributed by atoms with van der Waals surface area (Å²) in [4.78, 5) is 12.2. The summed E-state index contributed by atoms with van der Waals surface area (Å²) < 4.78 is 5.43. The minimum Gasteiger partial charge on any atom is -0.461 e. The lowest BCUT2D eigenvalue weighted by Crippen LogP contribution is -2.19. The Morgan fingerprint density at radius 1 is 1.28 bits per heavy atom. The molecule has 0 spiro atoms. The first-order valence-electron chi connectivity index (χ1n) is 6.47. The Kier molecular flexibility index (Phi) is 3.84. The third-order valence-corrected chi connectivity index (χ3v) is 2.73. The maximum atomic E-state index is 5.64. The van der Waals surface area contributed by atoms with Crippen LogP contribution in [0.2, 0.25) is 0 Å². The molecule has 0 bridgehead atoms. The maximum absolute atomic E-state index is 5.64. The number of ether oxygens (including phenoxy) is 1. The lowest BCUT2D eigenvalue weighted by atomic mass is 10.2. The Bertz CT molecular complexity index is 405. The lowest BCUT2D eigenvalue weighted by molar-refractivity contribution is 0.222. The third-order valence-electron chi connectivity index (χ3n) is 2.73. The van der Waals surface area contributed by atoms with Crippen LogP contribution in [0.4, 0.5) is 11.9 Å². The van der Waals surface area contributed by atoms with E-state index in [1.54, 1.807) is 0 Å². The average Bonchev–Trinajstić information content (AvgIpc) is 2.98. The van der Waals surface area contributed by atoms with Gasteiger partial charge in [0.25, 0.3) is 0 Å². The Morgan fingerprint density at radius 3 is 2.61 bits per heavy atom. The van der Waals surface area contributed by atoms with E-state index in [0.29, 0.717) is 12.0 Å². The van der Waals surface area contributed by atoms with Crippen molar-refractivity contribution >= 4 is 11.9 Å². The largest absolute Gasteiger partial charge is 0.461 e. The van der Waals surface area contributed by atoms with Gasteiger partial charge in [0.05, 0.1) is 6.10 Å². The summed E-state index contributed by atoms with van der Waals surface area (Å²) in [6.07, 6.45) is 3.84. The molecule has 18 heavy (non-hydrogen) atoms. The molecule has 1 aromatic rings. The van der Waals surface area contributed by atoms with E-state index in [1.807, 2.05) is 13.8 Å². The van der Waals surface area contributed by atoms with Gasteiger partial charge in [-0.2, -0.15) is 15.0 Å². The summed E-state index contributed by atoms with van der Waals surface area (Å²) in [7, 11) is 0. The van der Waals surface area contributed by atoms with E-state index >= 15 is 0 Å². The fraction of sp³-hybridized carbons (Fsp3) is 0.750. The zero-order valence-corrected chi connectivity index (χ0v) is 11.2. The number of nitrogens with one attached hydrogen (secondary N) is 1. The minimum atomic E-state index is 0.0172. The molecule has 0 aliphatic heterocycles. The van der Waals surface area contributed by atoms with Gasteiger partial charge < -0.3 is 15.8 Å². The first-order valence-corrected chi connectivity index (χ1v) is 6.47. The molecular formula is C12H21N5O. The van der Waals surface area contributed by atoms with Gasteiger partial charge in [0.2, 0.25) is 11.9 Å². The van der Waals surface area contributed by atoms with Crippen LogP contribution in [0.1, 0.15) is 40.0 Å². The Hall–Kier alpha value is -1.59. The molecular weight excluding hydrogens is 230 g/mol. The van der Waals surface area contributed by atoms with Crippen molar-refractivity contribution in [1.29, 1.82) is 0 Å². The van der Waals surface area contributed by atoms with Crippen molar-refractivity contribution in [2.24, 2.45) is 5.92 Å². The van der Waals surface area contributed by atoms with Gasteiger partial charge in [0.1, 0.15) is 0 Å². The second-order valence-corrected chi connectivity index (χ2v) is 5.19. The number of rotatable bonds is 6. The highest BCUT2D eigenvalue weighted by Crippen LogP contribution is 2.33. The molecule has 3 N–H and O–H groups in total. The fourth-order valence-electron chi connectivity index (χ4n) is 1.83. The van der Waals surface area contributed by atoms with Crippen molar-refractivity contribution in [2.45, 2.75) is 52.2 Å². The number of nitrogen functional groups attached to an aromatic ring is 1. The molecule has 2 rings (SSSR count). The first-order chi connectivity index (χ1) is 8.52. The van der Waals surface area contributed by atoms with Crippen LogP contribution in [-0.4, -0.2) is 27.1 Å². The quantitative estimate of drug-likeness (QED) is 0.802. The van der Waals surface area contributed by atoms with Crippen molar-refractivity contribution in [3.05, 3.63) is 0 Å². The second kappa shape index (κ2) is 5.37. The van der Waals surface area contributed by atoms with Gasteiger partial charge in [0, 0.05) is 6.04 Å². The van der Waals surface area contributed by atoms with Crippen molar-refractivity contribution in [2.75, 3.05) is 11.1 Å². The molecule has 0 saturated heterocycles. The number of hydrogen-bond acceptors (Lipinski definition) is 6. The van der Waals surface area contributed by atoms with Crippen molar-refractivity contribution in [3.63, 3.8) is 0 Å². The second-order valence-electron chi connectivity index (χ2n) is 5.19. The number of nitrogens with two attached hydrogens (primary N) is 1. The van der Waals surface area contributed by atoms with E-state index in [0.717, 1.165) is 12.3 Å². The summed E-state index contributed by atoms with van der Waals surface area (Å²) in [6, 6.07) is 0.616. The molecule has 1 atom stereocenters. The number of anilines is 2. The predicted octanol–water partition coefficient (Wildman–Crippen LogP) is 1.84. The molecule has 0 radical (unpaired) electrons. The van der Waals surface area contributed by atoms with E-state index in [9.17, 15) is 0 Å². The number of aromatic nitrogens is 3. The molecule has 1 fully saturated rings. The lowest BCUT2D eigenvalue weighted by Gasteiger charge is -2.14. The SMILES string of the molecule is CC(CC1CC1)Nc1nc(N)nc(OC(C)C)n1. The number of nitrogens with zero attached hydrogens (tertiary/aromatic N) is 3. The highest BCUT2D eigenvalue weighted by molar-refractivity contribution is 5.33. The molecule has 6 heteroatoms. The van der Waals surface area contributed by atoms with Crippen LogP contribution in [0.3, 0.4) is 0 Å². The molecule has 100 valence electrons. The van der Waals surface area contributed by atoms with Crippen molar-refractivity contribution < 1.29 is 4.74 Å². The van der Waals surface area contributed by atoms with Crippen molar-refractivity contribution in [1.82, 2.24) is 15.0 Å². The number of hydrogen-bond donors (Lipinski definition) is 2. The maximum Gasteiger partial charge on any atom is 0.323 e. The summed E-state index contributed by atoms with van der Waals surface area (Å²) in [6.45, 7) is 5.97. The normalized spacial score (nSPS) is 16.7. The fourth-order valence-corrected chi connectivity index (χ4v) is 1.83. The summed E-state index contributed by atoms with van der Waals surface area (Å²) in [5.74, 6) is 1.53. The van der Waals surface area contributed by atoms with Crippen LogP contribution >= 0.6 is 0 Å². The molecule has 1 aliphatic carbocycles. The van der Waals surface area contributed by atoms with Crippen LogP contribution in [0, 0.1) is 5.92 Å². The first kappa shape index (κ1) is 12.9. The molecule has 0 aromatic carbocycles. The summed E-state index contributed by atoms with van der Waals surface area (Å²) in [5.41, 5.74) is 5.64. The van der Waals surface area contributed by atoms with Crippen LogP contribution in [0.15, 0.2) is 0 Å². The molecule has 6 nitrogen and oxygen atoms in total. The standard InChI is InChI=1S/C12H21N5O/c1-7(2)18-12-16-10(13)15-11(17-12)14-8(3)6-9-4-5-9/h7-9H,4-6H2,1-3H3,(H3,13,14,15,16,17). The van der Waals surface area contributed by atoms with E-state index in [1.165, 1.54) is 12.8 Å². The zero-order chi connectivity index (χ0) is 13.1. The third kappa shape index (κ3) is 4.01. The topological polar surface area (TPSA) is 86.0 Å². The summed E-state index contributed by atoms with van der Waals surface area (Å²) >= 11 is 0. The molecule has 1 unspecified atom stereocenters. The van der Waals surface area contributed by atoms with Crippen molar-refractivity contribution in [3.8, 4) is 6.01 Å². The Labute approximate surface area is 107 Å². The molecule has 1 saturated carbocycles. The van der Waals surface area contributed by atoms with Gasteiger partial charge in [-0.25, -0.2) is 0 Å². The predicted molar refractivity (Wildman–Crippen MR) is 70.4 cm³/mol. The Balaban J connectivity index is 1.99. The van der Waals surface area contributed by atoms with Gasteiger partial charge in [-0.15, -0.1) is 0 Å². The van der Waals surface area contributed by atoms with Gasteiger partial charge >= 0.3 is 6.01 Å². The van der Waals surface area contributed by atoms with Crippen LogP contribution in [-0.2, 0) is 0 Å². The van der Waals surface area contributed by atoms with E-state index in [4.69, 9.17) is 10.5 Å². The van der Waals surface area contributed by atoms with E-state index in [2.05, 4.69) is 27.2 Å². The van der Waals surface area contributed by atoms with Crippen LogP contribution < -0.4 is 15.8 Å². The van der Waals surface area contributed by atoms with Gasteiger partial charge in [-0.3, -0.25) is 0 Å². The molecule has 1 aromatic heterocycles. The van der Waals surface area contributed by atoms with E-state index in [-0.39, 0.29) is 18.1 Å². The highest BCUT2D eigenvalue weighted by atomic mass is 16.5. The monoisotopic (exact) mass is 251 g/mol. The zero-order valence-electron chi connectivity index (χ0n) is 11.2. The van der Waals surface area contributed by atoms with Crippen LogP contribution in [0.25, 0.3) is 0 Å². The summed E-state index contributed by atoms with van der Waals surface area (Å²) in [5, 5.41) is 3.25. The highest BCUT2D eigenvalue weighted by Gasteiger charge is 2.23. The van der Waals surface area contributed by atoms with Gasteiger partial charge in [0.15, 0.2) is 0 Å². The van der Waals surface area contributed by atoms with Gasteiger partial charge in [-0.1, -0.05) is 12.8 Å². The smallest absolute Gasteiger partial charge is 0.323 e. The minimum absolute atomic E-state index is 0.0172. The molecule has 1 aliphatic rings. The van der Waals surface area contributed by atoms with Crippen LogP contribution in [0.5, 0.6) is 6.01 Å². The van der Waals surface area contributed by atoms with Gasteiger partial charge in [-0.05, 0) is 33.1 Å². The van der Waals surface area contributed by atoms with E-state index < -0.39 is 0 Å². The molecule has 1 heterocycles. The average molecular weight is 251 g/mol. The molecule has 0 amide bonds.